The summed E-state index contributed by atoms with van der Waals surface area (Å²) in [5.41, 5.74) is 2.99. The van der Waals surface area contributed by atoms with Crippen molar-refractivity contribution in [3.05, 3.63) is 62.8 Å². The number of likely N-dealkylation sites (tertiary alicyclic amines) is 1. The van der Waals surface area contributed by atoms with Gasteiger partial charge in [-0.2, -0.15) is 0 Å². The Bertz CT molecular complexity index is 1070. The lowest BCUT2D eigenvalue weighted by Crippen LogP contribution is -2.42. The third-order valence-electron chi connectivity index (χ3n) is 6.71. The Hall–Kier alpha value is -2.96. The van der Waals surface area contributed by atoms with Gasteiger partial charge in [-0.3, -0.25) is 14.4 Å². The number of hydrogen-bond donors (Lipinski definition) is 1. The molecular weight excluding hydrogens is 392 g/mol. The minimum absolute atomic E-state index is 0.0318. The van der Waals surface area contributed by atoms with Gasteiger partial charge in [0.05, 0.1) is 18.3 Å². The molecule has 1 aromatic carbocycles. The Morgan fingerprint density at radius 1 is 1.06 bits per heavy atom. The van der Waals surface area contributed by atoms with Gasteiger partial charge in [-0.15, -0.1) is 0 Å². The number of fused-ring (bicyclic) bond motifs is 1. The average molecular weight is 421 g/mol. The monoisotopic (exact) mass is 420 g/mol. The van der Waals surface area contributed by atoms with E-state index in [1.165, 1.54) is 0 Å². The molecule has 0 radical (unpaired) electrons. The molecule has 31 heavy (non-hydrogen) atoms. The molecular formula is C24H28N4O3. The van der Waals surface area contributed by atoms with Crippen LogP contribution in [-0.4, -0.2) is 44.7 Å². The third-order valence-corrected chi connectivity index (χ3v) is 6.71. The van der Waals surface area contributed by atoms with E-state index in [1.54, 1.807) is 0 Å². The predicted octanol–water partition coefficient (Wildman–Crippen LogP) is 2.74. The van der Waals surface area contributed by atoms with Crippen LogP contribution in [0.4, 0.5) is 0 Å². The van der Waals surface area contributed by atoms with Crippen molar-refractivity contribution < 1.29 is 9.59 Å². The van der Waals surface area contributed by atoms with Crippen molar-refractivity contribution in [1.29, 1.82) is 0 Å². The number of aromatic nitrogens is 2. The number of benzene rings is 1. The zero-order chi connectivity index (χ0) is 21.5. The minimum Gasteiger partial charge on any atom is -0.336 e. The van der Waals surface area contributed by atoms with Crippen LogP contribution in [0.25, 0.3) is 0 Å². The molecule has 1 N–H and O–H groups in total. The van der Waals surface area contributed by atoms with Crippen molar-refractivity contribution in [2.75, 3.05) is 13.1 Å². The molecule has 2 aliphatic heterocycles. The van der Waals surface area contributed by atoms with E-state index < -0.39 is 0 Å². The lowest BCUT2D eigenvalue weighted by atomic mass is 9.99. The number of rotatable bonds is 3. The fourth-order valence-electron chi connectivity index (χ4n) is 4.71. The largest absolute Gasteiger partial charge is 0.336 e. The molecule has 0 spiro atoms. The van der Waals surface area contributed by atoms with E-state index in [-0.39, 0.29) is 29.3 Å². The first kappa shape index (κ1) is 20.0. The molecule has 1 saturated heterocycles. The maximum Gasteiger partial charge on any atom is 0.254 e. The Morgan fingerprint density at radius 3 is 2.58 bits per heavy atom. The summed E-state index contributed by atoms with van der Waals surface area (Å²) in [5.74, 6) is 0.854. The number of carbonyl (C=O) groups excluding carboxylic acids is 2. The normalized spacial score (nSPS) is 21.0. The van der Waals surface area contributed by atoms with E-state index in [0.717, 1.165) is 37.7 Å². The van der Waals surface area contributed by atoms with Gasteiger partial charge in [0.2, 0.25) is 5.91 Å². The lowest BCUT2D eigenvalue weighted by Gasteiger charge is -2.36. The van der Waals surface area contributed by atoms with E-state index in [4.69, 9.17) is 4.98 Å². The Balaban J connectivity index is 1.44. The van der Waals surface area contributed by atoms with Gasteiger partial charge in [0.25, 0.3) is 11.5 Å². The van der Waals surface area contributed by atoms with Gasteiger partial charge in [-0.25, -0.2) is 4.98 Å². The summed E-state index contributed by atoms with van der Waals surface area (Å²) in [6.45, 7) is 3.61. The number of aromatic amines is 1. The van der Waals surface area contributed by atoms with Crippen LogP contribution >= 0.6 is 0 Å². The molecule has 1 saturated carbocycles. The molecule has 3 aliphatic rings. The molecule has 0 bridgehead atoms. The van der Waals surface area contributed by atoms with Crippen molar-refractivity contribution in [2.45, 2.75) is 58.0 Å². The van der Waals surface area contributed by atoms with E-state index >= 15 is 0 Å². The molecule has 1 atom stereocenters. The molecule has 1 aliphatic carbocycles. The number of hydrogen-bond acceptors (Lipinski definition) is 4. The number of nitrogens with one attached hydrogen (secondary N) is 1. The van der Waals surface area contributed by atoms with Gasteiger partial charge in [-0.05, 0) is 57.6 Å². The van der Waals surface area contributed by atoms with Gasteiger partial charge in [0.15, 0.2) is 0 Å². The van der Waals surface area contributed by atoms with Crippen LogP contribution in [0.5, 0.6) is 0 Å². The first-order valence-electron chi connectivity index (χ1n) is 11.3. The van der Waals surface area contributed by atoms with Gasteiger partial charge in [0.1, 0.15) is 5.82 Å². The van der Waals surface area contributed by atoms with Crippen molar-refractivity contribution in [2.24, 2.45) is 5.92 Å². The summed E-state index contributed by atoms with van der Waals surface area (Å²) in [4.78, 5) is 50.1. The smallest absolute Gasteiger partial charge is 0.254 e. The standard InChI is InChI=1S/C24H28N4O3/c1-15-5-7-17(8-6-15)24(31)28-12-3-2-4-20(28)21-25-19-14-27(23(30)16-9-10-16)13-11-18(19)22(29)26-21/h5-8,16,20H,2-4,9-14H2,1H3,(H,25,26,29). The Morgan fingerprint density at radius 2 is 1.84 bits per heavy atom. The maximum absolute atomic E-state index is 13.2. The Labute approximate surface area is 181 Å². The molecule has 1 unspecified atom stereocenters. The van der Waals surface area contributed by atoms with Gasteiger partial charge in [0, 0.05) is 30.1 Å². The molecule has 2 fully saturated rings. The fourth-order valence-corrected chi connectivity index (χ4v) is 4.71. The number of piperidine rings is 1. The minimum atomic E-state index is -0.255. The second kappa shape index (κ2) is 7.94. The Kier molecular flexibility index (Phi) is 5.12. The van der Waals surface area contributed by atoms with Gasteiger partial charge in [-0.1, -0.05) is 17.7 Å². The van der Waals surface area contributed by atoms with Crippen LogP contribution in [0, 0.1) is 12.8 Å². The quantitative estimate of drug-likeness (QED) is 0.827. The highest BCUT2D eigenvalue weighted by atomic mass is 16.2. The van der Waals surface area contributed by atoms with Gasteiger partial charge < -0.3 is 14.8 Å². The molecule has 2 aromatic rings. The van der Waals surface area contributed by atoms with Crippen LogP contribution in [-0.2, 0) is 17.8 Å². The molecule has 2 amide bonds. The van der Waals surface area contributed by atoms with E-state index in [2.05, 4.69) is 4.98 Å². The predicted molar refractivity (Wildman–Crippen MR) is 116 cm³/mol. The molecule has 162 valence electrons. The summed E-state index contributed by atoms with van der Waals surface area (Å²) < 4.78 is 0. The van der Waals surface area contributed by atoms with Crippen molar-refractivity contribution in [3.8, 4) is 0 Å². The summed E-state index contributed by atoms with van der Waals surface area (Å²) in [6, 6.07) is 7.34. The van der Waals surface area contributed by atoms with Crippen molar-refractivity contribution >= 4 is 11.8 Å². The summed E-state index contributed by atoms with van der Waals surface area (Å²) in [7, 11) is 0. The first-order chi connectivity index (χ1) is 15.0. The highest BCUT2D eigenvalue weighted by Crippen LogP contribution is 2.33. The zero-order valence-electron chi connectivity index (χ0n) is 17.9. The molecule has 3 heterocycles. The lowest BCUT2D eigenvalue weighted by molar-refractivity contribution is -0.133. The van der Waals surface area contributed by atoms with Crippen LogP contribution in [0.1, 0.15) is 71.1 Å². The second-order valence-electron chi connectivity index (χ2n) is 9.04. The van der Waals surface area contributed by atoms with Crippen molar-refractivity contribution in [3.63, 3.8) is 0 Å². The average Bonchev–Trinajstić information content (AvgIpc) is 3.64. The van der Waals surface area contributed by atoms with Crippen molar-refractivity contribution in [1.82, 2.24) is 19.8 Å². The third kappa shape index (κ3) is 3.89. The molecule has 1 aromatic heterocycles. The molecule has 5 rings (SSSR count). The highest BCUT2D eigenvalue weighted by Gasteiger charge is 2.36. The number of nitrogens with zero attached hydrogens (tertiary/aromatic N) is 3. The summed E-state index contributed by atoms with van der Waals surface area (Å²) >= 11 is 0. The van der Waals surface area contributed by atoms with E-state index in [0.29, 0.717) is 48.7 Å². The van der Waals surface area contributed by atoms with E-state index in [1.807, 2.05) is 41.0 Å². The molecule has 7 nitrogen and oxygen atoms in total. The maximum atomic E-state index is 13.2. The second-order valence-corrected chi connectivity index (χ2v) is 9.04. The first-order valence-corrected chi connectivity index (χ1v) is 11.3. The summed E-state index contributed by atoms with van der Waals surface area (Å²) in [6.07, 6.45) is 5.16. The summed E-state index contributed by atoms with van der Waals surface area (Å²) in [5, 5.41) is 0. The number of carbonyl (C=O) groups is 2. The number of aryl methyl sites for hydroxylation is 1. The SMILES string of the molecule is Cc1ccc(C(=O)N2CCCCC2c2nc3c(c(=O)[nH]2)CCN(C(=O)C2CC2)C3)cc1. The number of H-pyrrole nitrogens is 1. The van der Waals surface area contributed by atoms with Crippen LogP contribution in [0.3, 0.4) is 0 Å². The number of amides is 2. The van der Waals surface area contributed by atoms with Crippen LogP contribution < -0.4 is 5.56 Å². The van der Waals surface area contributed by atoms with Gasteiger partial charge >= 0.3 is 0 Å². The van der Waals surface area contributed by atoms with E-state index in [9.17, 15) is 14.4 Å². The van der Waals surface area contributed by atoms with Crippen LogP contribution in [0.2, 0.25) is 0 Å². The topological polar surface area (TPSA) is 86.4 Å². The van der Waals surface area contributed by atoms with Crippen LogP contribution in [0.15, 0.2) is 29.1 Å². The zero-order valence-corrected chi connectivity index (χ0v) is 17.9. The highest BCUT2D eigenvalue weighted by molar-refractivity contribution is 5.94. The molecule has 7 heteroatoms. The fraction of sp³-hybridized carbons (Fsp3) is 0.500.